The van der Waals surface area contributed by atoms with Crippen molar-refractivity contribution in [2.24, 2.45) is 0 Å². The quantitative estimate of drug-likeness (QED) is 0.0509. The number of nitrogens with two attached hydrogens (primary N) is 2. The number of ether oxygens (including phenoxy) is 8. The number of benzene rings is 6. The smallest absolute Gasteiger partial charge is 0.267 e. The van der Waals surface area contributed by atoms with Gasteiger partial charge in [0.2, 0.25) is 31.1 Å². The minimum atomic E-state index is -3.89. The van der Waals surface area contributed by atoms with Crippen molar-refractivity contribution < 1.29 is 59.8 Å². The largest absolute Gasteiger partial charge is 0.380 e. The molecule has 0 bridgehead atoms. The normalized spacial score (nSPS) is 22.5. The molecule has 0 radical (unpaired) electrons. The van der Waals surface area contributed by atoms with Crippen LogP contribution in [0.2, 0.25) is 0 Å². The number of rotatable bonds is 24. The van der Waals surface area contributed by atoms with Crippen molar-refractivity contribution in [2.75, 3.05) is 37.2 Å². The molecule has 498 valence electrons. The first kappa shape index (κ1) is 70.4. The molecule has 26 heteroatoms. The van der Waals surface area contributed by atoms with E-state index in [1.807, 2.05) is 182 Å². The van der Waals surface area contributed by atoms with E-state index in [9.17, 15) is 27.2 Å². The average Bonchev–Trinajstić information content (AvgIpc) is 1.57. The van der Waals surface area contributed by atoms with Crippen LogP contribution in [0.4, 0.5) is 11.6 Å². The lowest BCUT2D eigenvalue weighted by molar-refractivity contribution is -0.294. The van der Waals surface area contributed by atoms with Gasteiger partial charge in [0, 0.05) is 12.5 Å². The van der Waals surface area contributed by atoms with Gasteiger partial charge in [-0.05, 0) is 47.2 Å². The van der Waals surface area contributed by atoms with E-state index in [-0.39, 0.29) is 88.8 Å². The fourth-order valence-electron chi connectivity index (χ4n) is 11.3. The number of nitriles is 1. The van der Waals surface area contributed by atoms with Gasteiger partial charge in [-0.1, -0.05) is 197 Å². The van der Waals surface area contributed by atoms with Gasteiger partial charge in [0.25, 0.3) is 10.3 Å². The Kier molecular flexibility index (Phi) is 22.1. The summed E-state index contributed by atoms with van der Waals surface area (Å²) in [6, 6.07) is 59.9. The monoisotopic (exact) mass is 1330 g/mol. The third-order valence-corrected chi connectivity index (χ3v) is 17.8. The van der Waals surface area contributed by atoms with Crippen molar-refractivity contribution in [3.63, 3.8) is 0 Å². The van der Waals surface area contributed by atoms with E-state index in [0.29, 0.717) is 13.2 Å². The van der Waals surface area contributed by atoms with Gasteiger partial charge in [-0.3, -0.25) is 0 Å². The van der Waals surface area contributed by atoms with E-state index in [1.165, 1.54) is 16.9 Å². The molecular formula is C69H77N11O13S2. The Hall–Kier alpha value is -8.95. The second-order valence-corrected chi connectivity index (χ2v) is 26.6. The lowest BCUT2D eigenvalue weighted by Crippen LogP contribution is -2.55. The first-order valence-corrected chi connectivity index (χ1v) is 33.3. The fraction of sp³-hybridized carbons (Fsp3) is 0.319. The first-order chi connectivity index (χ1) is 44.7. The van der Waals surface area contributed by atoms with E-state index < -0.39 is 77.0 Å². The van der Waals surface area contributed by atoms with Crippen molar-refractivity contribution >= 4 is 42.6 Å². The Bertz CT molecular complexity index is 4450. The van der Waals surface area contributed by atoms with E-state index in [2.05, 4.69) is 36.2 Å². The molecule has 2 fully saturated rings. The van der Waals surface area contributed by atoms with E-state index in [4.69, 9.17) is 49.4 Å². The summed E-state index contributed by atoms with van der Waals surface area (Å²) in [6.07, 6.45) is 1.21. The molecule has 2 aliphatic heterocycles. The Morgan fingerprint density at radius 2 is 0.832 bits per heavy atom. The van der Waals surface area contributed by atoms with Crippen LogP contribution in [-0.4, -0.2) is 122 Å². The number of aromatic nitrogens is 8. The minimum Gasteiger partial charge on any atom is -0.380 e. The molecule has 95 heavy (non-hydrogen) atoms. The lowest BCUT2D eigenvalue weighted by Gasteiger charge is -2.39. The van der Waals surface area contributed by atoms with Gasteiger partial charge >= 0.3 is 0 Å². The summed E-state index contributed by atoms with van der Waals surface area (Å²) >= 11 is 0. The predicted octanol–water partition coefficient (Wildman–Crippen LogP) is 8.71. The van der Waals surface area contributed by atoms with Gasteiger partial charge in [-0.25, -0.2) is 35.8 Å². The maximum atomic E-state index is 12.7. The van der Waals surface area contributed by atoms with Crippen molar-refractivity contribution in [3.05, 3.63) is 239 Å². The fourth-order valence-corrected chi connectivity index (χ4v) is 12.3. The molecule has 2 unspecified atom stereocenters. The number of aliphatic hydroxyl groups is 1. The van der Waals surface area contributed by atoms with Crippen LogP contribution in [0.3, 0.4) is 0 Å². The number of anilines is 2. The van der Waals surface area contributed by atoms with Crippen molar-refractivity contribution in [2.45, 2.75) is 126 Å². The minimum absolute atomic E-state index is 0. The van der Waals surface area contributed by atoms with Gasteiger partial charge in [0.05, 0.1) is 65.2 Å². The van der Waals surface area contributed by atoms with Gasteiger partial charge in [0.1, 0.15) is 47.5 Å². The van der Waals surface area contributed by atoms with Crippen LogP contribution in [-0.2, 0) is 109 Å². The Morgan fingerprint density at radius 1 is 0.505 bits per heavy atom. The molecule has 0 aliphatic carbocycles. The van der Waals surface area contributed by atoms with Crippen LogP contribution in [0, 0.1) is 11.3 Å². The molecule has 0 amide bonds. The zero-order valence-corrected chi connectivity index (χ0v) is 52.9. The van der Waals surface area contributed by atoms with Crippen molar-refractivity contribution in [3.8, 4) is 6.07 Å². The molecule has 5 N–H and O–H groups in total. The summed E-state index contributed by atoms with van der Waals surface area (Å²) in [5.41, 5.74) is 12.8. The maximum absolute atomic E-state index is 12.7. The Morgan fingerprint density at radius 3 is 1.21 bits per heavy atom. The number of hydrogen-bond donors (Lipinski definition) is 3. The highest BCUT2D eigenvalue weighted by atomic mass is 32.2. The van der Waals surface area contributed by atoms with Crippen LogP contribution in [0.25, 0.3) is 11.3 Å². The Balaban J connectivity index is 0.000000219. The molecule has 2 saturated heterocycles. The van der Waals surface area contributed by atoms with E-state index >= 15 is 0 Å². The second kappa shape index (κ2) is 29.8. The molecule has 2 aliphatic rings. The summed E-state index contributed by atoms with van der Waals surface area (Å²) in [7, 11) is -7.76. The molecule has 12 rings (SSSR count). The SMILES string of the molecule is C.C.C[C@@]1(OCc2ccccc2)[C@H](OCc2ccccc2)[C@@H](COCc2ccccc2)OC1(C#N)c1cnc2c(N)nc(S(C)(=O)=O)nn12.C[C@@]1(OCc2ccccc2)[C@H](OCc2ccccc2)[C@@H](COCc2ccccc2)OC1(O)c1cnc2c(N)nc(S(C)(=O)=O)nn12. The number of nitrogen functional groups attached to an aromatic ring is 2. The highest BCUT2D eigenvalue weighted by molar-refractivity contribution is 7.90. The summed E-state index contributed by atoms with van der Waals surface area (Å²) in [4.78, 5) is 16.5. The average molecular weight is 1330 g/mol. The maximum Gasteiger partial charge on any atom is 0.267 e. The number of hydrogen-bond acceptors (Lipinski definition) is 22. The van der Waals surface area contributed by atoms with Crippen molar-refractivity contribution in [1.29, 1.82) is 5.26 Å². The molecule has 0 spiro atoms. The highest BCUT2D eigenvalue weighted by Crippen LogP contribution is 2.52. The predicted molar refractivity (Wildman–Crippen MR) is 353 cm³/mol. The van der Waals surface area contributed by atoms with Gasteiger partial charge < -0.3 is 54.5 Å². The molecule has 4 aromatic heterocycles. The van der Waals surface area contributed by atoms with Crippen LogP contribution in [0.15, 0.2) is 205 Å². The van der Waals surface area contributed by atoms with Crippen LogP contribution in [0.5, 0.6) is 0 Å². The molecule has 8 atom stereocenters. The van der Waals surface area contributed by atoms with E-state index in [1.54, 1.807) is 13.8 Å². The molecule has 0 saturated carbocycles. The zero-order valence-electron chi connectivity index (χ0n) is 51.3. The first-order valence-electron chi connectivity index (χ1n) is 29.6. The molecule has 6 aromatic carbocycles. The third-order valence-electron chi connectivity index (χ3n) is 16.1. The third kappa shape index (κ3) is 15.0. The van der Waals surface area contributed by atoms with Gasteiger partial charge in [-0.15, -0.1) is 10.2 Å². The molecule has 24 nitrogen and oxygen atoms in total. The number of nitrogens with zero attached hydrogens (tertiary/aromatic N) is 9. The summed E-state index contributed by atoms with van der Waals surface area (Å²) in [6.45, 7) is 4.67. The summed E-state index contributed by atoms with van der Waals surface area (Å²) in [5.74, 6) is -2.64. The van der Waals surface area contributed by atoms with Gasteiger partial charge in [-0.2, -0.15) is 15.2 Å². The number of imidazole rings is 2. The molecular weight excluding hydrogens is 1250 g/mol. The van der Waals surface area contributed by atoms with Crippen LogP contribution >= 0.6 is 0 Å². The van der Waals surface area contributed by atoms with Crippen LogP contribution in [0.1, 0.15) is 73.5 Å². The summed E-state index contributed by atoms with van der Waals surface area (Å²) < 4.78 is 104. The van der Waals surface area contributed by atoms with E-state index in [0.717, 1.165) is 50.4 Å². The van der Waals surface area contributed by atoms with Crippen LogP contribution < -0.4 is 11.5 Å². The number of sulfone groups is 2. The zero-order chi connectivity index (χ0) is 65.4. The molecule has 6 heterocycles. The standard InChI is InChI=1S/C34H34N6O6S.C33H35N5O7S.2CH4/c1-33(45-21-26-16-10-5-11-17-26)29(44-20-25-14-8-4-9-15-25)27(22-43-19-24-12-6-3-7-13-24)46-34(33,23-35)28-18-37-31-30(36)38-32(39-40(28)31)47(2,41)42;1-32(44-21-25-16-10-5-11-17-25)28(43-20-24-14-8-4-9-15-24)26(22-42-19-23-12-6-3-7-13-23)45-33(32,39)27-18-35-30-29(34)36-31(37-38(27)30)46(2,40)41;;/h3-18,27,29H,19-22H2,1-2H3,(H2,36,38,39);3-18,26,28,39H,19-22H2,1-2H3,(H2,34,36,37);2*1H4/t27-,29-,33-,34?;26-,28-,32-,33?;;/m11../s1. The highest BCUT2D eigenvalue weighted by Gasteiger charge is 2.69. The topological polar surface area (TPSA) is 324 Å². The molecule has 10 aromatic rings. The lowest BCUT2D eigenvalue weighted by atomic mass is 9.79. The number of fused-ring (bicyclic) bond motifs is 2. The van der Waals surface area contributed by atoms with Crippen molar-refractivity contribution in [1.82, 2.24) is 39.2 Å². The Labute approximate surface area is 552 Å². The second-order valence-electron chi connectivity index (χ2n) is 22.8. The summed E-state index contributed by atoms with van der Waals surface area (Å²) in [5, 5.41) is 31.2. The van der Waals surface area contributed by atoms with Gasteiger partial charge in [0.15, 0.2) is 28.5 Å².